The maximum Gasteiger partial charge on any atom is 0.261 e. The van der Waals surface area contributed by atoms with Crippen molar-refractivity contribution in [2.75, 3.05) is 18.3 Å². The van der Waals surface area contributed by atoms with E-state index in [4.69, 9.17) is 0 Å². The third-order valence-corrected chi connectivity index (χ3v) is 7.03. The van der Waals surface area contributed by atoms with E-state index in [0.717, 1.165) is 37.1 Å². The van der Waals surface area contributed by atoms with E-state index in [1.54, 1.807) is 0 Å². The second kappa shape index (κ2) is 8.15. The van der Waals surface area contributed by atoms with E-state index in [-0.39, 0.29) is 15.5 Å². The van der Waals surface area contributed by atoms with Crippen molar-refractivity contribution >= 4 is 25.7 Å². The average molecular weight is 400 g/mol. The van der Waals surface area contributed by atoms with Gasteiger partial charge in [0.2, 0.25) is 10.0 Å². The number of nitrogens with zero attached hydrogens (tertiary/aromatic N) is 1. The number of benzene rings is 2. The van der Waals surface area contributed by atoms with Gasteiger partial charge in [0.15, 0.2) is 0 Å². The van der Waals surface area contributed by atoms with Gasteiger partial charge in [-0.2, -0.15) is 0 Å². The van der Waals surface area contributed by atoms with E-state index in [0.29, 0.717) is 6.54 Å². The predicted octanol–water partition coefficient (Wildman–Crippen LogP) is 3.05. The highest BCUT2D eigenvalue weighted by molar-refractivity contribution is 7.92. The molecule has 0 saturated heterocycles. The number of unbranched alkanes of at least 4 members (excludes halogenated alkanes) is 1. The van der Waals surface area contributed by atoms with E-state index in [9.17, 15) is 21.2 Å². The first kappa shape index (κ1) is 20.3. The minimum absolute atomic E-state index is 0.0841. The summed E-state index contributed by atoms with van der Waals surface area (Å²) in [4.78, 5) is -0.00395. The van der Waals surface area contributed by atoms with Crippen LogP contribution in [-0.2, 0) is 20.0 Å². The molecule has 0 unspecified atom stereocenters. The lowest BCUT2D eigenvalue weighted by Gasteiger charge is -2.17. The third kappa shape index (κ3) is 4.80. The minimum Gasteiger partial charge on any atom is -0.280 e. The summed E-state index contributed by atoms with van der Waals surface area (Å²) >= 11 is 0. The molecule has 0 spiro atoms. The van der Waals surface area contributed by atoms with Crippen LogP contribution in [0.25, 0.3) is 0 Å². The van der Waals surface area contributed by atoms with Gasteiger partial charge in [0, 0.05) is 19.3 Å². The van der Waals surface area contributed by atoms with Crippen molar-refractivity contribution in [2.24, 2.45) is 0 Å². The minimum atomic E-state index is -3.88. The third-order valence-electron chi connectivity index (χ3n) is 3.77. The van der Waals surface area contributed by atoms with E-state index in [2.05, 4.69) is 4.72 Å². The smallest absolute Gasteiger partial charge is 0.261 e. The van der Waals surface area contributed by atoms with Crippen molar-refractivity contribution in [3.8, 4) is 0 Å². The Bertz CT molecular complexity index is 941. The molecule has 0 fully saturated rings. The molecule has 0 bridgehead atoms. The van der Waals surface area contributed by atoms with Crippen LogP contribution >= 0.6 is 0 Å². The van der Waals surface area contributed by atoms with Crippen molar-refractivity contribution < 1.29 is 21.2 Å². The number of sulfonamides is 2. The summed E-state index contributed by atoms with van der Waals surface area (Å²) in [6.07, 6.45) is 1.63. The highest BCUT2D eigenvalue weighted by atomic mass is 32.2. The summed E-state index contributed by atoms with van der Waals surface area (Å²) in [5.74, 6) is -0.536. The summed E-state index contributed by atoms with van der Waals surface area (Å²) < 4.78 is 65.9. The van der Waals surface area contributed by atoms with Gasteiger partial charge in [0.05, 0.1) is 9.79 Å². The lowest BCUT2D eigenvalue weighted by Crippen LogP contribution is -2.27. The van der Waals surface area contributed by atoms with Gasteiger partial charge in [-0.05, 0) is 55.0 Å². The van der Waals surface area contributed by atoms with Crippen molar-refractivity contribution in [3.63, 3.8) is 0 Å². The van der Waals surface area contributed by atoms with Gasteiger partial charge >= 0.3 is 0 Å². The Morgan fingerprint density at radius 2 is 1.46 bits per heavy atom. The zero-order valence-corrected chi connectivity index (χ0v) is 16.1. The Morgan fingerprint density at radius 3 is 2.00 bits per heavy atom. The van der Waals surface area contributed by atoms with Gasteiger partial charge in [-0.3, -0.25) is 4.72 Å². The summed E-state index contributed by atoms with van der Waals surface area (Å²) in [6.45, 7) is 2.39. The fourth-order valence-electron chi connectivity index (χ4n) is 2.20. The van der Waals surface area contributed by atoms with E-state index in [1.807, 2.05) is 6.92 Å². The second-order valence-electron chi connectivity index (χ2n) is 5.76. The lowest BCUT2D eigenvalue weighted by atomic mass is 10.3. The molecular weight excluding hydrogens is 379 g/mol. The molecule has 26 heavy (non-hydrogen) atoms. The Hall–Kier alpha value is -1.97. The molecule has 6 nitrogen and oxygen atoms in total. The van der Waals surface area contributed by atoms with Crippen molar-refractivity contribution in [1.82, 2.24) is 4.31 Å². The molecule has 0 aliphatic carbocycles. The molecule has 1 N–H and O–H groups in total. The Labute approximate surface area is 153 Å². The van der Waals surface area contributed by atoms with Crippen LogP contribution in [0.2, 0.25) is 0 Å². The maximum absolute atomic E-state index is 12.9. The quantitative estimate of drug-likeness (QED) is 0.738. The first-order valence-corrected chi connectivity index (χ1v) is 10.9. The van der Waals surface area contributed by atoms with Gasteiger partial charge in [-0.15, -0.1) is 0 Å². The predicted molar refractivity (Wildman–Crippen MR) is 98.4 cm³/mol. The Kier molecular flexibility index (Phi) is 6.38. The fourth-order valence-corrected chi connectivity index (χ4v) is 4.47. The monoisotopic (exact) mass is 400 g/mol. The molecule has 0 amide bonds. The molecule has 0 aromatic heterocycles. The zero-order valence-electron chi connectivity index (χ0n) is 14.5. The van der Waals surface area contributed by atoms with Crippen molar-refractivity contribution in [2.45, 2.75) is 29.6 Å². The molecule has 0 heterocycles. The lowest BCUT2D eigenvalue weighted by molar-refractivity contribution is 0.459. The Balaban J connectivity index is 2.18. The van der Waals surface area contributed by atoms with Crippen LogP contribution in [0, 0.1) is 5.82 Å². The highest BCUT2D eigenvalue weighted by Gasteiger charge is 2.20. The van der Waals surface area contributed by atoms with Crippen LogP contribution in [0.3, 0.4) is 0 Å². The van der Waals surface area contributed by atoms with Gasteiger partial charge in [0.25, 0.3) is 10.0 Å². The topological polar surface area (TPSA) is 83.6 Å². The molecule has 0 aliphatic rings. The second-order valence-corrected chi connectivity index (χ2v) is 9.49. The molecule has 2 rings (SSSR count). The van der Waals surface area contributed by atoms with Crippen LogP contribution in [0.4, 0.5) is 10.1 Å². The van der Waals surface area contributed by atoms with Gasteiger partial charge < -0.3 is 0 Å². The summed E-state index contributed by atoms with van der Waals surface area (Å²) in [5, 5.41) is 0. The molecule has 2 aromatic rings. The largest absolute Gasteiger partial charge is 0.280 e. The van der Waals surface area contributed by atoms with E-state index >= 15 is 0 Å². The van der Waals surface area contributed by atoms with Crippen LogP contribution in [-0.4, -0.2) is 34.7 Å². The highest BCUT2D eigenvalue weighted by Crippen LogP contribution is 2.20. The van der Waals surface area contributed by atoms with Crippen LogP contribution in [0.1, 0.15) is 19.8 Å². The van der Waals surface area contributed by atoms with Crippen molar-refractivity contribution in [3.05, 3.63) is 54.3 Å². The molecule has 9 heteroatoms. The number of anilines is 1. The number of hydrogen-bond donors (Lipinski definition) is 1. The van der Waals surface area contributed by atoms with Gasteiger partial charge in [-0.25, -0.2) is 25.5 Å². The first-order valence-electron chi connectivity index (χ1n) is 8.01. The summed E-state index contributed by atoms with van der Waals surface area (Å²) in [6, 6.07) is 9.86. The summed E-state index contributed by atoms with van der Waals surface area (Å²) in [5.41, 5.74) is 0.212. The number of hydrogen-bond acceptors (Lipinski definition) is 4. The zero-order chi connectivity index (χ0) is 19.4. The molecule has 0 saturated carbocycles. The summed E-state index contributed by atoms with van der Waals surface area (Å²) in [7, 11) is -5.99. The van der Waals surface area contributed by atoms with E-state index in [1.165, 1.54) is 35.6 Å². The van der Waals surface area contributed by atoms with Crippen LogP contribution in [0.5, 0.6) is 0 Å². The van der Waals surface area contributed by atoms with Crippen molar-refractivity contribution in [1.29, 1.82) is 0 Å². The van der Waals surface area contributed by atoms with Gasteiger partial charge in [0.1, 0.15) is 5.82 Å². The molecule has 0 atom stereocenters. The van der Waals surface area contributed by atoms with Crippen LogP contribution < -0.4 is 4.72 Å². The maximum atomic E-state index is 12.9. The molecule has 142 valence electrons. The molecule has 2 aromatic carbocycles. The average Bonchev–Trinajstić information content (AvgIpc) is 2.60. The van der Waals surface area contributed by atoms with E-state index < -0.39 is 25.9 Å². The molecule has 0 radical (unpaired) electrons. The molecular formula is C17H21FN2O4S2. The standard InChI is InChI=1S/C17H21FN2O4S2/c1-3-4-13-20(2)26(23,24)17-11-7-15(8-12-17)19-25(21,22)16-9-5-14(18)6-10-16/h5-12,19H,3-4,13H2,1-2H3. The van der Waals surface area contributed by atoms with Crippen LogP contribution in [0.15, 0.2) is 58.3 Å². The van der Waals surface area contributed by atoms with Gasteiger partial charge in [-0.1, -0.05) is 13.3 Å². The first-order chi connectivity index (χ1) is 12.2. The SMILES string of the molecule is CCCCN(C)S(=O)(=O)c1ccc(NS(=O)(=O)c2ccc(F)cc2)cc1. The number of rotatable bonds is 8. The normalized spacial score (nSPS) is 12.3. The molecule has 0 aliphatic heterocycles. The number of halogens is 1. The number of nitrogens with one attached hydrogen (secondary N) is 1. The fraction of sp³-hybridized carbons (Fsp3) is 0.294. The Morgan fingerprint density at radius 1 is 0.923 bits per heavy atom.